The van der Waals surface area contributed by atoms with Crippen molar-refractivity contribution in [2.45, 2.75) is 91.3 Å². The molecule has 156 valence electrons. The van der Waals surface area contributed by atoms with Crippen LogP contribution in [0.5, 0.6) is 0 Å². The summed E-state index contributed by atoms with van der Waals surface area (Å²) in [6, 6.07) is 0. The largest absolute Gasteiger partial charge is 0.463 e. The summed E-state index contributed by atoms with van der Waals surface area (Å²) in [5.41, 5.74) is 0.0610. The molecule has 0 spiro atoms. The van der Waals surface area contributed by atoms with E-state index in [1.165, 1.54) is 13.8 Å². The fourth-order valence-corrected chi connectivity index (χ4v) is 7.68. The predicted octanol–water partition coefficient (Wildman–Crippen LogP) is 4.07. The van der Waals surface area contributed by atoms with E-state index in [4.69, 9.17) is 9.47 Å². The van der Waals surface area contributed by atoms with Crippen molar-refractivity contribution in [2.24, 2.45) is 34.5 Å². The molecule has 0 saturated heterocycles. The maximum Gasteiger partial charge on any atom is 0.303 e. The van der Waals surface area contributed by atoms with Gasteiger partial charge in [-0.2, -0.15) is 0 Å². The van der Waals surface area contributed by atoms with Crippen LogP contribution in [0, 0.1) is 34.5 Å². The number of hydrogen-bond donors (Lipinski definition) is 0. The van der Waals surface area contributed by atoms with Gasteiger partial charge in [0, 0.05) is 25.7 Å². The molecule has 0 unspecified atom stereocenters. The van der Waals surface area contributed by atoms with Gasteiger partial charge in [0.05, 0.1) is 0 Å². The highest BCUT2D eigenvalue weighted by Crippen LogP contribution is 2.66. The standard InChI is InChI=1S/C23H34O5/c1-13(24)27-16-7-9-22(3)15(11-16)5-6-17-18(22)8-10-23(4)19(17)12-20(26)21(23)28-14(2)25/h15-19,21H,5-12H2,1-4H3/t15-,16-,17+,18-,19-,21-,22-,23-/m0/s1. The first-order valence-electron chi connectivity index (χ1n) is 11.0. The lowest BCUT2D eigenvalue weighted by Crippen LogP contribution is -2.55. The molecule has 0 aromatic heterocycles. The van der Waals surface area contributed by atoms with Crippen LogP contribution in [-0.2, 0) is 23.9 Å². The second-order valence-corrected chi connectivity index (χ2v) is 10.4. The van der Waals surface area contributed by atoms with Crippen molar-refractivity contribution in [2.75, 3.05) is 0 Å². The van der Waals surface area contributed by atoms with Crippen molar-refractivity contribution in [1.29, 1.82) is 0 Å². The summed E-state index contributed by atoms with van der Waals surface area (Å²) in [6.07, 6.45) is 7.46. The molecular formula is C23H34O5. The molecule has 4 rings (SSSR count). The Hall–Kier alpha value is -1.39. The first kappa shape index (κ1) is 19.9. The summed E-state index contributed by atoms with van der Waals surface area (Å²) < 4.78 is 11.1. The zero-order valence-corrected chi connectivity index (χ0v) is 17.7. The highest BCUT2D eigenvalue weighted by molar-refractivity contribution is 5.89. The highest BCUT2D eigenvalue weighted by atomic mass is 16.5. The molecule has 8 atom stereocenters. The summed E-state index contributed by atoms with van der Waals surface area (Å²) >= 11 is 0. The summed E-state index contributed by atoms with van der Waals surface area (Å²) in [5, 5.41) is 0. The molecule has 0 N–H and O–H groups in total. The molecule has 0 aromatic carbocycles. The summed E-state index contributed by atoms with van der Waals surface area (Å²) in [4.78, 5) is 35.7. The van der Waals surface area contributed by atoms with Gasteiger partial charge in [-0.25, -0.2) is 0 Å². The number of fused-ring (bicyclic) bond motifs is 5. The predicted molar refractivity (Wildman–Crippen MR) is 103 cm³/mol. The Morgan fingerprint density at radius 1 is 0.893 bits per heavy atom. The lowest BCUT2D eigenvalue weighted by Gasteiger charge is -2.60. The number of carbonyl (C=O) groups is 3. The molecule has 0 radical (unpaired) electrons. The molecular weight excluding hydrogens is 356 g/mol. The average Bonchev–Trinajstić information content (AvgIpc) is 2.85. The minimum atomic E-state index is -0.554. The van der Waals surface area contributed by atoms with E-state index >= 15 is 0 Å². The smallest absolute Gasteiger partial charge is 0.303 e. The first-order valence-corrected chi connectivity index (χ1v) is 11.0. The molecule has 28 heavy (non-hydrogen) atoms. The molecule has 4 aliphatic carbocycles. The van der Waals surface area contributed by atoms with Crippen molar-refractivity contribution in [1.82, 2.24) is 0 Å². The molecule has 5 heteroatoms. The van der Waals surface area contributed by atoms with Gasteiger partial charge >= 0.3 is 11.9 Å². The van der Waals surface area contributed by atoms with Gasteiger partial charge in [0.1, 0.15) is 6.10 Å². The Morgan fingerprint density at radius 2 is 1.57 bits per heavy atom. The van der Waals surface area contributed by atoms with Crippen LogP contribution in [0.3, 0.4) is 0 Å². The van der Waals surface area contributed by atoms with Crippen molar-refractivity contribution < 1.29 is 23.9 Å². The SMILES string of the molecule is CC(=O)O[C@H]1CC[C@@]2(C)[C@@H](CC[C@@H]3[C@@H]2CC[C@]2(C)[C@@H](OC(C)=O)C(=O)C[C@@H]32)C1. The molecule has 0 aromatic rings. The maximum atomic E-state index is 12.7. The number of esters is 2. The number of carbonyl (C=O) groups excluding carboxylic acids is 3. The van der Waals surface area contributed by atoms with Crippen molar-refractivity contribution in [3.63, 3.8) is 0 Å². The van der Waals surface area contributed by atoms with Gasteiger partial charge in [0.2, 0.25) is 0 Å². The Morgan fingerprint density at radius 3 is 2.25 bits per heavy atom. The molecule has 0 heterocycles. The van der Waals surface area contributed by atoms with E-state index in [1.807, 2.05) is 0 Å². The van der Waals surface area contributed by atoms with E-state index in [0.29, 0.717) is 30.1 Å². The van der Waals surface area contributed by atoms with Crippen LogP contribution in [0.1, 0.15) is 79.1 Å². The van der Waals surface area contributed by atoms with Crippen LogP contribution in [-0.4, -0.2) is 29.9 Å². The fourth-order valence-electron chi connectivity index (χ4n) is 7.68. The van der Waals surface area contributed by atoms with Crippen LogP contribution >= 0.6 is 0 Å². The third kappa shape index (κ3) is 3.00. The highest BCUT2D eigenvalue weighted by Gasteiger charge is 2.63. The molecule has 0 amide bonds. The van der Waals surface area contributed by atoms with Gasteiger partial charge < -0.3 is 9.47 Å². The normalized spacial score (nSPS) is 47.5. The number of hydrogen-bond acceptors (Lipinski definition) is 5. The third-order valence-corrected chi connectivity index (χ3v) is 8.98. The van der Waals surface area contributed by atoms with Gasteiger partial charge in [-0.3, -0.25) is 14.4 Å². The minimum Gasteiger partial charge on any atom is -0.463 e. The molecule has 0 bridgehead atoms. The summed E-state index contributed by atoms with van der Waals surface area (Å²) in [5.74, 6) is 1.68. The van der Waals surface area contributed by atoms with E-state index in [1.54, 1.807) is 0 Å². The number of rotatable bonds is 2. The average molecular weight is 391 g/mol. The Labute approximate surface area is 167 Å². The van der Waals surface area contributed by atoms with E-state index in [9.17, 15) is 14.4 Å². The Kier molecular flexibility index (Phi) is 4.86. The van der Waals surface area contributed by atoms with E-state index in [2.05, 4.69) is 13.8 Å². The quantitative estimate of drug-likeness (QED) is 0.665. The third-order valence-electron chi connectivity index (χ3n) is 8.98. The van der Waals surface area contributed by atoms with Crippen LogP contribution in [0.4, 0.5) is 0 Å². The van der Waals surface area contributed by atoms with Gasteiger partial charge in [-0.15, -0.1) is 0 Å². The number of ketones is 1. The molecule has 0 aliphatic heterocycles. The molecule has 4 aliphatic rings. The topological polar surface area (TPSA) is 69.7 Å². The Balaban J connectivity index is 1.54. The molecule has 5 nitrogen and oxygen atoms in total. The van der Waals surface area contributed by atoms with Crippen LogP contribution in [0.2, 0.25) is 0 Å². The molecule has 4 saturated carbocycles. The Bertz CT molecular complexity index is 686. The minimum absolute atomic E-state index is 0.0717. The van der Waals surface area contributed by atoms with Gasteiger partial charge in [-0.1, -0.05) is 13.8 Å². The van der Waals surface area contributed by atoms with Crippen molar-refractivity contribution in [3.05, 3.63) is 0 Å². The van der Waals surface area contributed by atoms with E-state index in [0.717, 1.165) is 44.9 Å². The number of Topliss-reactive ketones (excluding diaryl/α,β-unsaturated/α-hetero) is 1. The van der Waals surface area contributed by atoms with E-state index < -0.39 is 6.10 Å². The van der Waals surface area contributed by atoms with Gasteiger partial charge in [-0.05, 0) is 74.0 Å². The zero-order chi connectivity index (χ0) is 20.3. The van der Waals surface area contributed by atoms with Crippen LogP contribution in [0.15, 0.2) is 0 Å². The number of ether oxygens (including phenoxy) is 2. The second kappa shape index (κ2) is 6.84. The van der Waals surface area contributed by atoms with Crippen LogP contribution in [0.25, 0.3) is 0 Å². The van der Waals surface area contributed by atoms with Gasteiger partial charge in [0.25, 0.3) is 0 Å². The second-order valence-electron chi connectivity index (χ2n) is 10.4. The monoisotopic (exact) mass is 390 g/mol. The first-order chi connectivity index (χ1) is 13.1. The lowest BCUT2D eigenvalue weighted by atomic mass is 9.45. The molecule has 4 fully saturated rings. The van der Waals surface area contributed by atoms with Gasteiger partial charge in [0.15, 0.2) is 11.9 Å². The summed E-state index contributed by atoms with van der Waals surface area (Å²) in [7, 11) is 0. The lowest BCUT2D eigenvalue weighted by molar-refractivity contribution is -0.169. The maximum absolute atomic E-state index is 12.7. The van der Waals surface area contributed by atoms with Crippen molar-refractivity contribution in [3.8, 4) is 0 Å². The zero-order valence-electron chi connectivity index (χ0n) is 17.7. The van der Waals surface area contributed by atoms with Crippen LogP contribution < -0.4 is 0 Å². The van der Waals surface area contributed by atoms with E-state index in [-0.39, 0.29) is 34.7 Å². The van der Waals surface area contributed by atoms with Crippen molar-refractivity contribution >= 4 is 17.7 Å². The fraction of sp³-hybridized carbons (Fsp3) is 0.870. The summed E-state index contributed by atoms with van der Waals surface area (Å²) in [6.45, 7) is 7.53.